The monoisotopic (exact) mass is 492 g/mol. The minimum Gasteiger partial charge on any atom is -0.493 e. The smallest absolute Gasteiger partial charge is 0.252 e. The van der Waals surface area contributed by atoms with E-state index in [-0.39, 0.29) is 18.0 Å². The van der Waals surface area contributed by atoms with Crippen molar-refractivity contribution in [1.29, 1.82) is 0 Å². The van der Waals surface area contributed by atoms with Crippen molar-refractivity contribution in [3.63, 3.8) is 0 Å². The standard InChI is InChI=1S/C27H32N4O5/c1-14(2)31-26-21(13-28-31)20(12-22(30-26)19-9-15(3)36-17(19)5)27(32)29-16(4)18-10-23(33-6)25(35-8)24(11-18)34-7/h9-14,16H,1-8H3,(H,29,32). The molecular formula is C27H32N4O5. The third-order valence-corrected chi connectivity index (χ3v) is 6.15. The van der Waals surface area contributed by atoms with Crippen molar-refractivity contribution in [2.24, 2.45) is 0 Å². The van der Waals surface area contributed by atoms with Gasteiger partial charge in [-0.25, -0.2) is 9.67 Å². The fourth-order valence-electron chi connectivity index (χ4n) is 4.32. The molecule has 0 saturated heterocycles. The number of furan rings is 1. The maximum atomic E-state index is 13.6. The van der Waals surface area contributed by atoms with Crippen LogP contribution < -0.4 is 19.5 Å². The highest BCUT2D eigenvalue weighted by Gasteiger charge is 2.23. The van der Waals surface area contributed by atoms with Gasteiger partial charge in [-0.2, -0.15) is 5.10 Å². The molecule has 0 spiro atoms. The third-order valence-electron chi connectivity index (χ3n) is 6.15. The summed E-state index contributed by atoms with van der Waals surface area (Å²) in [5.41, 5.74) is 3.44. The zero-order chi connectivity index (χ0) is 26.1. The first kappa shape index (κ1) is 25.1. The van der Waals surface area contributed by atoms with Gasteiger partial charge in [0, 0.05) is 11.6 Å². The molecule has 1 N–H and O–H groups in total. The van der Waals surface area contributed by atoms with Gasteiger partial charge in [0.1, 0.15) is 11.5 Å². The van der Waals surface area contributed by atoms with Crippen LogP contribution in [0.5, 0.6) is 17.2 Å². The Hall–Kier alpha value is -4.01. The van der Waals surface area contributed by atoms with Crippen molar-refractivity contribution in [3.8, 4) is 28.5 Å². The summed E-state index contributed by atoms with van der Waals surface area (Å²) in [4.78, 5) is 18.5. The first-order valence-corrected chi connectivity index (χ1v) is 11.7. The van der Waals surface area contributed by atoms with E-state index in [2.05, 4.69) is 10.4 Å². The Labute approximate surface area is 210 Å². The summed E-state index contributed by atoms with van der Waals surface area (Å²) >= 11 is 0. The first-order chi connectivity index (χ1) is 17.2. The minimum absolute atomic E-state index is 0.0755. The second-order valence-electron chi connectivity index (χ2n) is 8.96. The van der Waals surface area contributed by atoms with Crippen molar-refractivity contribution < 1.29 is 23.4 Å². The van der Waals surface area contributed by atoms with Gasteiger partial charge in [0.15, 0.2) is 17.1 Å². The molecular weight excluding hydrogens is 460 g/mol. The molecule has 0 aliphatic carbocycles. The van der Waals surface area contributed by atoms with Gasteiger partial charge in [0.2, 0.25) is 5.75 Å². The second kappa shape index (κ2) is 9.93. The Morgan fingerprint density at radius 1 is 1.00 bits per heavy atom. The summed E-state index contributed by atoms with van der Waals surface area (Å²) in [5.74, 6) is 2.81. The van der Waals surface area contributed by atoms with E-state index >= 15 is 0 Å². The fraction of sp³-hybridized carbons (Fsp3) is 0.370. The number of carbonyl (C=O) groups is 1. The molecule has 3 aromatic heterocycles. The maximum Gasteiger partial charge on any atom is 0.252 e. The molecule has 190 valence electrons. The van der Waals surface area contributed by atoms with Crippen LogP contribution in [0.3, 0.4) is 0 Å². The lowest BCUT2D eigenvalue weighted by atomic mass is 10.0. The normalized spacial score (nSPS) is 12.1. The molecule has 0 saturated carbocycles. The van der Waals surface area contributed by atoms with E-state index in [1.165, 1.54) is 0 Å². The number of methoxy groups -OCH3 is 3. The zero-order valence-corrected chi connectivity index (χ0v) is 21.9. The largest absolute Gasteiger partial charge is 0.493 e. The quantitative estimate of drug-likeness (QED) is 0.351. The zero-order valence-electron chi connectivity index (χ0n) is 21.9. The van der Waals surface area contributed by atoms with E-state index in [1.807, 2.05) is 57.5 Å². The topological polar surface area (TPSA) is 101 Å². The van der Waals surface area contributed by atoms with Gasteiger partial charge in [-0.05, 0) is 64.4 Å². The predicted molar refractivity (Wildman–Crippen MR) is 137 cm³/mol. The highest BCUT2D eigenvalue weighted by molar-refractivity contribution is 6.06. The molecule has 0 fully saturated rings. The molecule has 0 bridgehead atoms. The van der Waals surface area contributed by atoms with Crippen LogP contribution in [0.1, 0.15) is 60.3 Å². The van der Waals surface area contributed by atoms with Crippen LogP contribution in [0, 0.1) is 13.8 Å². The second-order valence-corrected chi connectivity index (χ2v) is 8.96. The van der Waals surface area contributed by atoms with E-state index in [4.69, 9.17) is 23.6 Å². The lowest BCUT2D eigenvalue weighted by Gasteiger charge is -2.19. The molecule has 0 aliphatic heterocycles. The lowest BCUT2D eigenvalue weighted by molar-refractivity contribution is 0.0941. The molecule has 9 nitrogen and oxygen atoms in total. The van der Waals surface area contributed by atoms with E-state index in [9.17, 15) is 4.79 Å². The van der Waals surface area contributed by atoms with Gasteiger partial charge in [-0.1, -0.05) is 0 Å². The lowest BCUT2D eigenvalue weighted by Crippen LogP contribution is -2.27. The van der Waals surface area contributed by atoms with E-state index in [0.29, 0.717) is 39.5 Å². The van der Waals surface area contributed by atoms with Crippen LogP contribution in [0.2, 0.25) is 0 Å². The Bertz CT molecular complexity index is 1390. The van der Waals surface area contributed by atoms with Crippen LogP contribution in [0.25, 0.3) is 22.3 Å². The number of rotatable bonds is 8. The van der Waals surface area contributed by atoms with Gasteiger partial charge in [0.05, 0.1) is 50.2 Å². The number of hydrogen-bond acceptors (Lipinski definition) is 7. The van der Waals surface area contributed by atoms with Crippen LogP contribution in [0.15, 0.2) is 34.9 Å². The summed E-state index contributed by atoms with van der Waals surface area (Å²) in [5, 5.41) is 8.29. The molecule has 0 aliphatic rings. The van der Waals surface area contributed by atoms with E-state index in [1.54, 1.807) is 33.6 Å². The summed E-state index contributed by atoms with van der Waals surface area (Å²) < 4.78 is 23.9. The van der Waals surface area contributed by atoms with Gasteiger partial charge >= 0.3 is 0 Å². The Balaban J connectivity index is 1.77. The molecule has 1 atom stereocenters. The molecule has 1 amide bonds. The van der Waals surface area contributed by atoms with Crippen LogP contribution in [0.4, 0.5) is 0 Å². The third kappa shape index (κ3) is 4.48. The first-order valence-electron chi connectivity index (χ1n) is 11.7. The SMILES string of the molecule is COc1cc(C(C)NC(=O)c2cc(-c3cc(C)oc3C)nc3c2cnn3C(C)C)cc(OC)c1OC. The Kier molecular flexibility index (Phi) is 6.92. The number of pyridine rings is 1. The number of nitrogens with zero attached hydrogens (tertiary/aromatic N) is 3. The average Bonchev–Trinajstić information content (AvgIpc) is 3.44. The number of carbonyl (C=O) groups excluding carboxylic acids is 1. The minimum atomic E-state index is -0.351. The number of fused-ring (bicyclic) bond motifs is 1. The van der Waals surface area contributed by atoms with Gasteiger partial charge in [0.25, 0.3) is 5.91 Å². The van der Waals surface area contributed by atoms with E-state index in [0.717, 1.165) is 22.6 Å². The van der Waals surface area contributed by atoms with Crippen LogP contribution in [-0.2, 0) is 0 Å². The summed E-state index contributed by atoms with van der Waals surface area (Å²) in [6, 6.07) is 7.10. The average molecular weight is 493 g/mol. The summed E-state index contributed by atoms with van der Waals surface area (Å²) in [6.07, 6.45) is 1.69. The number of aromatic nitrogens is 3. The summed E-state index contributed by atoms with van der Waals surface area (Å²) in [7, 11) is 4.68. The predicted octanol–water partition coefficient (Wildman–Crippen LogP) is 5.41. The molecule has 0 radical (unpaired) electrons. The fourth-order valence-corrected chi connectivity index (χ4v) is 4.32. The maximum absolute atomic E-state index is 13.6. The van der Waals surface area contributed by atoms with Crippen molar-refractivity contribution in [2.75, 3.05) is 21.3 Å². The molecule has 3 heterocycles. The number of aryl methyl sites for hydroxylation is 2. The Morgan fingerprint density at radius 2 is 1.67 bits per heavy atom. The molecule has 4 rings (SSSR count). The highest BCUT2D eigenvalue weighted by atomic mass is 16.5. The number of ether oxygens (including phenoxy) is 3. The van der Waals surface area contributed by atoms with Crippen LogP contribution in [-0.4, -0.2) is 42.0 Å². The van der Waals surface area contributed by atoms with Crippen molar-refractivity contribution in [3.05, 3.63) is 53.1 Å². The number of hydrogen-bond donors (Lipinski definition) is 1. The molecule has 36 heavy (non-hydrogen) atoms. The summed E-state index contributed by atoms with van der Waals surface area (Å²) in [6.45, 7) is 9.74. The number of nitrogens with one attached hydrogen (secondary N) is 1. The van der Waals surface area contributed by atoms with E-state index < -0.39 is 0 Å². The van der Waals surface area contributed by atoms with Gasteiger partial charge < -0.3 is 23.9 Å². The molecule has 4 aromatic rings. The Morgan fingerprint density at radius 3 is 2.19 bits per heavy atom. The molecule has 1 unspecified atom stereocenters. The van der Waals surface area contributed by atoms with Gasteiger partial charge in [-0.3, -0.25) is 4.79 Å². The highest BCUT2D eigenvalue weighted by Crippen LogP contribution is 2.40. The van der Waals surface area contributed by atoms with Crippen LogP contribution >= 0.6 is 0 Å². The molecule has 9 heteroatoms. The van der Waals surface area contributed by atoms with Crippen molar-refractivity contribution in [1.82, 2.24) is 20.1 Å². The number of amides is 1. The van der Waals surface area contributed by atoms with Crippen molar-refractivity contribution >= 4 is 16.9 Å². The molecule has 1 aromatic carbocycles. The number of benzene rings is 1. The van der Waals surface area contributed by atoms with Gasteiger partial charge in [-0.15, -0.1) is 0 Å². The van der Waals surface area contributed by atoms with Crippen molar-refractivity contribution in [2.45, 2.75) is 46.7 Å².